The van der Waals surface area contributed by atoms with E-state index >= 15 is 0 Å². The summed E-state index contributed by atoms with van der Waals surface area (Å²) in [7, 11) is 3.86. The molecule has 0 aromatic heterocycles. The number of hydrogen-bond donors (Lipinski definition) is 1. The fourth-order valence-corrected chi connectivity index (χ4v) is 2.00. The highest BCUT2D eigenvalue weighted by Crippen LogP contribution is 2.21. The average Bonchev–Trinajstić information content (AvgIpc) is 2.46. The Morgan fingerprint density at radius 1 is 1.05 bits per heavy atom. The first kappa shape index (κ1) is 14.6. The van der Waals surface area contributed by atoms with Crippen LogP contribution in [0.2, 0.25) is 5.02 Å². The van der Waals surface area contributed by atoms with Gasteiger partial charge in [-0.05, 0) is 42.0 Å². The number of carbonyl (C=O) groups excluding carboxylic acids is 1. The molecule has 0 spiro atoms. The Morgan fingerprint density at radius 3 is 2.10 bits per heavy atom. The quantitative estimate of drug-likeness (QED) is 0.878. The molecule has 104 valence electrons. The van der Waals surface area contributed by atoms with E-state index in [4.69, 9.17) is 11.6 Å². The number of ketones is 1. The molecule has 3 nitrogen and oxygen atoms in total. The highest BCUT2D eigenvalue weighted by atomic mass is 35.5. The van der Waals surface area contributed by atoms with Gasteiger partial charge in [-0.15, -0.1) is 0 Å². The standard InChI is InChI=1S/C16H16ClNO2/c1-18(2)14-9-5-12(6-10-14)16(20)15(19)11-3-7-13(17)8-4-11/h3-10,15,19H,1-2H3. The summed E-state index contributed by atoms with van der Waals surface area (Å²) >= 11 is 5.79. The van der Waals surface area contributed by atoms with Crippen molar-refractivity contribution in [3.63, 3.8) is 0 Å². The second-order valence-electron chi connectivity index (χ2n) is 4.76. The molecule has 0 saturated heterocycles. The number of Topliss-reactive ketones (excluding diaryl/α,β-unsaturated/α-hetero) is 1. The number of anilines is 1. The summed E-state index contributed by atoms with van der Waals surface area (Å²) in [6.45, 7) is 0. The predicted octanol–water partition coefficient (Wildman–Crippen LogP) is 3.32. The van der Waals surface area contributed by atoms with Gasteiger partial charge in [-0.1, -0.05) is 23.7 Å². The van der Waals surface area contributed by atoms with Crippen LogP contribution in [0.15, 0.2) is 48.5 Å². The van der Waals surface area contributed by atoms with E-state index in [1.54, 1.807) is 36.4 Å². The Hall–Kier alpha value is -1.84. The molecule has 0 fully saturated rings. The van der Waals surface area contributed by atoms with Gasteiger partial charge < -0.3 is 10.0 Å². The number of carbonyl (C=O) groups is 1. The molecule has 1 atom stereocenters. The van der Waals surface area contributed by atoms with Gasteiger partial charge in [-0.3, -0.25) is 4.79 Å². The summed E-state index contributed by atoms with van der Waals surface area (Å²) in [5.74, 6) is -0.322. The Kier molecular flexibility index (Phi) is 4.42. The van der Waals surface area contributed by atoms with Crippen LogP contribution in [0.3, 0.4) is 0 Å². The van der Waals surface area contributed by atoms with Gasteiger partial charge in [0.2, 0.25) is 0 Å². The lowest BCUT2D eigenvalue weighted by atomic mass is 10.00. The van der Waals surface area contributed by atoms with Crippen molar-refractivity contribution in [2.24, 2.45) is 0 Å². The maximum Gasteiger partial charge on any atom is 0.195 e. The predicted molar refractivity (Wildman–Crippen MR) is 81.5 cm³/mol. The van der Waals surface area contributed by atoms with Crippen LogP contribution in [0.5, 0.6) is 0 Å². The van der Waals surface area contributed by atoms with Crippen LogP contribution in [0.1, 0.15) is 22.0 Å². The van der Waals surface area contributed by atoms with Crippen molar-refractivity contribution in [3.8, 4) is 0 Å². The molecule has 20 heavy (non-hydrogen) atoms. The van der Waals surface area contributed by atoms with Crippen molar-refractivity contribution in [3.05, 3.63) is 64.7 Å². The van der Waals surface area contributed by atoms with Gasteiger partial charge in [-0.25, -0.2) is 0 Å². The first-order chi connectivity index (χ1) is 9.49. The summed E-state index contributed by atoms with van der Waals surface area (Å²) in [5, 5.41) is 10.7. The minimum Gasteiger partial charge on any atom is -0.380 e. The Balaban J connectivity index is 2.20. The summed E-state index contributed by atoms with van der Waals surface area (Å²) in [4.78, 5) is 14.2. The number of halogens is 1. The largest absolute Gasteiger partial charge is 0.380 e. The number of aliphatic hydroxyl groups excluding tert-OH is 1. The minimum atomic E-state index is -1.17. The van der Waals surface area contributed by atoms with E-state index in [0.29, 0.717) is 16.1 Å². The maximum atomic E-state index is 12.2. The molecule has 0 heterocycles. The van der Waals surface area contributed by atoms with Crippen molar-refractivity contribution in [1.82, 2.24) is 0 Å². The molecule has 0 aliphatic carbocycles. The van der Waals surface area contributed by atoms with Gasteiger partial charge in [0.1, 0.15) is 6.10 Å². The van der Waals surface area contributed by atoms with Crippen molar-refractivity contribution in [2.75, 3.05) is 19.0 Å². The highest BCUT2D eigenvalue weighted by Gasteiger charge is 2.19. The zero-order chi connectivity index (χ0) is 14.7. The van der Waals surface area contributed by atoms with Gasteiger partial charge >= 0.3 is 0 Å². The van der Waals surface area contributed by atoms with Crippen molar-refractivity contribution in [2.45, 2.75) is 6.10 Å². The van der Waals surface area contributed by atoms with E-state index in [1.807, 2.05) is 31.1 Å². The summed E-state index contributed by atoms with van der Waals surface area (Å²) in [6.07, 6.45) is -1.17. The molecule has 0 bridgehead atoms. The highest BCUT2D eigenvalue weighted by molar-refractivity contribution is 6.30. The summed E-state index contributed by atoms with van der Waals surface area (Å²) in [6, 6.07) is 13.8. The lowest BCUT2D eigenvalue weighted by Crippen LogP contribution is -2.13. The minimum absolute atomic E-state index is 0.322. The molecule has 0 aliphatic rings. The fourth-order valence-electron chi connectivity index (χ4n) is 1.88. The molecule has 0 aliphatic heterocycles. The molecule has 2 aromatic carbocycles. The SMILES string of the molecule is CN(C)c1ccc(C(=O)C(O)c2ccc(Cl)cc2)cc1. The van der Waals surface area contributed by atoms with Crippen LogP contribution < -0.4 is 4.90 Å². The summed E-state index contributed by atoms with van der Waals surface area (Å²) < 4.78 is 0. The number of rotatable bonds is 4. The van der Waals surface area contributed by atoms with Gasteiger partial charge in [0.05, 0.1) is 0 Å². The zero-order valence-corrected chi connectivity index (χ0v) is 12.1. The molecular weight excluding hydrogens is 274 g/mol. The monoisotopic (exact) mass is 289 g/mol. The molecule has 2 aromatic rings. The molecule has 0 amide bonds. The molecular formula is C16H16ClNO2. The van der Waals surface area contributed by atoms with E-state index in [2.05, 4.69) is 0 Å². The van der Waals surface area contributed by atoms with Crippen LogP contribution in [0.4, 0.5) is 5.69 Å². The van der Waals surface area contributed by atoms with E-state index in [-0.39, 0.29) is 5.78 Å². The van der Waals surface area contributed by atoms with Crippen molar-refractivity contribution in [1.29, 1.82) is 0 Å². The normalized spacial score (nSPS) is 12.0. The first-order valence-corrected chi connectivity index (χ1v) is 6.62. The van der Waals surface area contributed by atoms with Crippen LogP contribution >= 0.6 is 11.6 Å². The van der Waals surface area contributed by atoms with Crippen LogP contribution in [0.25, 0.3) is 0 Å². The first-order valence-electron chi connectivity index (χ1n) is 6.24. The van der Waals surface area contributed by atoms with Crippen LogP contribution in [-0.4, -0.2) is 25.0 Å². The van der Waals surface area contributed by atoms with Gasteiger partial charge in [0.15, 0.2) is 5.78 Å². The average molecular weight is 290 g/mol. The number of hydrogen-bond acceptors (Lipinski definition) is 3. The zero-order valence-electron chi connectivity index (χ0n) is 11.4. The summed E-state index contributed by atoms with van der Waals surface area (Å²) in [5.41, 5.74) is 2.02. The Bertz CT molecular complexity index is 591. The lowest BCUT2D eigenvalue weighted by Gasteiger charge is -2.14. The Labute approximate surface area is 123 Å². The van der Waals surface area contributed by atoms with Crippen molar-refractivity contribution >= 4 is 23.1 Å². The number of benzene rings is 2. The molecule has 1 unspecified atom stereocenters. The molecule has 4 heteroatoms. The van der Waals surface area contributed by atoms with Crippen LogP contribution in [0, 0.1) is 0 Å². The maximum absolute atomic E-state index is 12.2. The van der Waals surface area contributed by atoms with E-state index in [1.165, 1.54) is 0 Å². The smallest absolute Gasteiger partial charge is 0.195 e. The van der Waals surface area contributed by atoms with E-state index in [0.717, 1.165) is 5.69 Å². The van der Waals surface area contributed by atoms with Crippen molar-refractivity contribution < 1.29 is 9.90 Å². The van der Waals surface area contributed by atoms with Gasteiger partial charge in [-0.2, -0.15) is 0 Å². The number of nitrogens with zero attached hydrogens (tertiary/aromatic N) is 1. The third-order valence-electron chi connectivity index (χ3n) is 3.10. The topological polar surface area (TPSA) is 40.5 Å². The lowest BCUT2D eigenvalue weighted by molar-refractivity contribution is 0.0747. The van der Waals surface area contributed by atoms with E-state index < -0.39 is 6.10 Å². The van der Waals surface area contributed by atoms with Crippen LogP contribution in [-0.2, 0) is 0 Å². The second kappa shape index (κ2) is 6.07. The molecule has 0 radical (unpaired) electrons. The second-order valence-corrected chi connectivity index (χ2v) is 5.20. The molecule has 1 N–H and O–H groups in total. The Morgan fingerprint density at radius 2 is 1.60 bits per heavy atom. The third kappa shape index (κ3) is 3.18. The van der Waals surface area contributed by atoms with E-state index in [9.17, 15) is 9.90 Å². The fraction of sp³-hybridized carbons (Fsp3) is 0.188. The number of aliphatic hydroxyl groups is 1. The molecule has 2 rings (SSSR count). The van der Waals surface area contributed by atoms with Gasteiger partial charge in [0.25, 0.3) is 0 Å². The van der Waals surface area contributed by atoms with Gasteiger partial charge in [0, 0.05) is 30.4 Å². The molecule has 0 saturated carbocycles. The third-order valence-corrected chi connectivity index (χ3v) is 3.35.